The second-order valence-corrected chi connectivity index (χ2v) is 5.96. The van der Waals surface area contributed by atoms with Crippen molar-refractivity contribution in [2.24, 2.45) is 5.41 Å². The Balaban J connectivity index is 2.39. The molecule has 1 aliphatic carbocycles. The maximum Gasteiger partial charge on any atom is 0.123 e. The van der Waals surface area contributed by atoms with Gasteiger partial charge in [-0.25, -0.2) is 0 Å². The van der Waals surface area contributed by atoms with Gasteiger partial charge in [-0.05, 0) is 31.7 Å². The number of aliphatic hydroxyl groups excluding tert-OH is 1. The first-order valence-electron chi connectivity index (χ1n) is 6.30. The van der Waals surface area contributed by atoms with Crippen molar-refractivity contribution in [3.63, 3.8) is 0 Å². The molecule has 1 saturated carbocycles. The molecule has 1 atom stereocenters. The third-order valence-corrected chi connectivity index (χ3v) is 3.95. The van der Waals surface area contributed by atoms with Gasteiger partial charge in [0.2, 0.25) is 0 Å². The van der Waals surface area contributed by atoms with Gasteiger partial charge in [0.15, 0.2) is 0 Å². The van der Waals surface area contributed by atoms with E-state index in [2.05, 4.69) is 19.9 Å². The number of para-hydroxylation sites is 1. The van der Waals surface area contributed by atoms with Gasteiger partial charge >= 0.3 is 0 Å². The zero-order valence-corrected chi connectivity index (χ0v) is 11.2. The maximum atomic E-state index is 9.75. The van der Waals surface area contributed by atoms with E-state index in [0.29, 0.717) is 0 Å². The molecule has 1 aromatic rings. The van der Waals surface area contributed by atoms with Crippen LogP contribution >= 0.6 is 0 Å². The van der Waals surface area contributed by atoms with E-state index in [9.17, 15) is 5.11 Å². The molecule has 0 saturated heterocycles. The van der Waals surface area contributed by atoms with Gasteiger partial charge in [-0.1, -0.05) is 32.0 Å². The van der Waals surface area contributed by atoms with Crippen molar-refractivity contribution in [2.75, 3.05) is 6.61 Å². The van der Waals surface area contributed by atoms with Crippen LogP contribution in [0.5, 0.6) is 5.75 Å². The van der Waals surface area contributed by atoms with Gasteiger partial charge in [-0.3, -0.25) is 0 Å². The number of hydrogen-bond donors (Lipinski definition) is 1. The summed E-state index contributed by atoms with van der Waals surface area (Å²) in [5.74, 6) is 0.919. The topological polar surface area (TPSA) is 29.5 Å². The summed E-state index contributed by atoms with van der Waals surface area (Å²) in [5.41, 5.74) is 1.21. The summed E-state index contributed by atoms with van der Waals surface area (Å²) in [7, 11) is 0. The monoisotopic (exact) mass is 234 g/mol. The molecule has 94 valence electrons. The molecule has 2 nitrogen and oxygen atoms in total. The first-order valence-corrected chi connectivity index (χ1v) is 6.30. The molecule has 0 amide bonds. The predicted molar refractivity (Wildman–Crippen MR) is 69.4 cm³/mol. The molecular weight excluding hydrogens is 212 g/mol. The Hall–Kier alpha value is -1.02. The third kappa shape index (κ3) is 1.95. The second kappa shape index (κ2) is 4.02. The van der Waals surface area contributed by atoms with Crippen LogP contribution in [-0.4, -0.2) is 17.8 Å². The Kier molecular flexibility index (Phi) is 2.94. The molecule has 1 aromatic carbocycles. The zero-order chi connectivity index (χ0) is 12.7. The Morgan fingerprint density at radius 3 is 2.35 bits per heavy atom. The molecule has 0 bridgehead atoms. The highest BCUT2D eigenvalue weighted by molar-refractivity contribution is 5.46. The minimum absolute atomic E-state index is 0.113. The molecule has 0 spiro atoms. The van der Waals surface area contributed by atoms with Gasteiger partial charge in [0.05, 0.1) is 12.7 Å². The molecule has 0 aromatic heterocycles. The summed E-state index contributed by atoms with van der Waals surface area (Å²) in [5, 5.41) is 9.75. The fourth-order valence-electron chi connectivity index (χ4n) is 2.74. The predicted octanol–water partition coefficient (Wildman–Crippen LogP) is 3.13. The van der Waals surface area contributed by atoms with E-state index in [1.807, 2.05) is 32.0 Å². The average molecular weight is 234 g/mol. The lowest BCUT2D eigenvalue weighted by Crippen LogP contribution is -2.21. The van der Waals surface area contributed by atoms with E-state index in [1.165, 1.54) is 0 Å². The molecule has 1 unspecified atom stereocenters. The molecular formula is C15H22O2. The second-order valence-electron chi connectivity index (χ2n) is 5.96. The zero-order valence-electron chi connectivity index (χ0n) is 11.2. The summed E-state index contributed by atoms with van der Waals surface area (Å²) in [6.45, 7) is 8.66. The van der Waals surface area contributed by atoms with Crippen molar-refractivity contribution >= 4 is 0 Å². The number of ether oxygens (including phenoxy) is 1. The van der Waals surface area contributed by atoms with Crippen molar-refractivity contribution in [2.45, 2.75) is 45.6 Å². The lowest BCUT2D eigenvalue weighted by Gasteiger charge is -2.23. The van der Waals surface area contributed by atoms with E-state index >= 15 is 0 Å². The largest absolute Gasteiger partial charge is 0.491 e. The molecule has 2 heteroatoms. The van der Waals surface area contributed by atoms with Crippen molar-refractivity contribution in [3.8, 4) is 5.75 Å². The summed E-state index contributed by atoms with van der Waals surface area (Å²) < 4.78 is 5.86. The van der Waals surface area contributed by atoms with Gasteiger partial charge < -0.3 is 9.84 Å². The molecule has 2 rings (SSSR count). The fourth-order valence-corrected chi connectivity index (χ4v) is 2.74. The Morgan fingerprint density at radius 2 is 1.88 bits per heavy atom. The summed E-state index contributed by atoms with van der Waals surface area (Å²) in [6.07, 6.45) is 1.18. The van der Waals surface area contributed by atoms with E-state index in [4.69, 9.17) is 4.74 Å². The number of benzene rings is 1. The number of rotatable bonds is 4. The highest BCUT2D eigenvalue weighted by atomic mass is 16.5. The van der Waals surface area contributed by atoms with Gasteiger partial charge in [0, 0.05) is 11.0 Å². The van der Waals surface area contributed by atoms with E-state index < -0.39 is 0 Å². The van der Waals surface area contributed by atoms with Crippen molar-refractivity contribution < 1.29 is 9.84 Å². The SMILES string of the molecule is CC(C)Oc1ccccc1C1(CO)CC1(C)C. The molecule has 1 aliphatic rings. The van der Waals surface area contributed by atoms with Crippen LogP contribution in [-0.2, 0) is 5.41 Å². The summed E-state index contributed by atoms with van der Waals surface area (Å²) in [4.78, 5) is 0. The van der Waals surface area contributed by atoms with Crippen LogP contribution in [0, 0.1) is 5.41 Å². The van der Waals surface area contributed by atoms with E-state index in [-0.39, 0.29) is 23.5 Å². The molecule has 17 heavy (non-hydrogen) atoms. The molecule has 1 fully saturated rings. The molecule has 0 radical (unpaired) electrons. The minimum atomic E-state index is -0.113. The molecule has 0 heterocycles. The summed E-state index contributed by atoms with van der Waals surface area (Å²) in [6, 6.07) is 8.10. The Labute approximate surface area is 104 Å². The first kappa shape index (κ1) is 12.4. The standard InChI is InChI=1S/C15H22O2/c1-11(2)17-13-8-6-5-7-12(13)15(10-16)9-14(15,3)4/h5-8,11,16H,9-10H2,1-4H3. The minimum Gasteiger partial charge on any atom is -0.491 e. The average Bonchev–Trinajstić information content (AvgIpc) is 2.82. The van der Waals surface area contributed by atoms with Gasteiger partial charge in [-0.15, -0.1) is 0 Å². The van der Waals surface area contributed by atoms with Crippen LogP contribution in [0.15, 0.2) is 24.3 Å². The first-order chi connectivity index (χ1) is 7.93. The fraction of sp³-hybridized carbons (Fsp3) is 0.600. The number of hydrogen-bond acceptors (Lipinski definition) is 2. The normalized spacial score (nSPS) is 26.0. The van der Waals surface area contributed by atoms with Crippen LogP contribution in [0.2, 0.25) is 0 Å². The third-order valence-electron chi connectivity index (χ3n) is 3.95. The lowest BCUT2D eigenvalue weighted by atomic mass is 9.88. The van der Waals surface area contributed by atoms with Crippen LogP contribution < -0.4 is 4.74 Å². The lowest BCUT2D eigenvalue weighted by molar-refractivity contribution is 0.211. The molecule has 0 aliphatic heterocycles. The number of aliphatic hydroxyl groups is 1. The van der Waals surface area contributed by atoms with Gasteiger partial charge in [0.25, 0.3) is 0 Å². The van der Waals surface area contributed by atoms with Crippen LogP contribution in [0.25, 0.3) is 0 Å². The quantitative estimate of drug-likeness (QED) is 0.867. The van der Waals surface area contributed by atoms with E-state index in [1.54, 1.807) is 0 Å². The van der Waals surface area contributed by atoms with E-state index in [0.717, 1.165) is 17.7 Å². The van der Waals surface area contributed by atoms with Crippen LogP contribution in [0.4, 0.5) is 0 Å². The Morgan fingerprint density at radius 1 is 1.29 bits per heavy atom. The van der Waals surface area contributed by atoms with Crippen molar-refractivity contribution in [1.82, 2.24) is 0 Å². The Bertz CT molecular complexity index is 409. The van der Waals surface area contributed by atoms with Gasteiger partial charge in [-0.2, -0.15) is 0 Å². The smallest absolute Gasteiger partial charge is 0.123 e. The van der Waals surface area contributed by atoms with Crippen LogP contribution in [0.3, 0.4) is 0 Å². The van der Waals surface area contributed by atoms with Crippen molar-refractivity contribution in [1.29, 1.82) is 0 Å². The van der Waals surface area contributed by atoms with Crippen LogP contribution in [0.1, 0.15) is 39.7 Å². The summed E-state index contributed by atoms with van der Waals surface area (Å²) >= 11 is 0. The van der Waals surface area contributed by atoms with Gasteiger partial charge in [0.1, 0.15) is 5.75 Å². The van der Waals surface area contributed by atoms with Crippen molar-refractivity contribution in [3.05, 3.63) is 29.8 Å². The maximum absolute atomic E-state index is 9.75. The highest BCUT2D eigenvalue weighted by Crippen LogP contribution is 2.65. The molecule has 1 N–H and O–H groups in total. The highest BCUT2D eigenvalue weighted by Gasteiger charge is 2.62.